The number of halogens is 1. The fourth-order valence-electron chi connectivity index (χ4n) is 1.01. The van der Waals surface area contributed by atoms with Gasteiger partial charge in [-0.15, -0.1) is 0 Å². The van der Waals surface area contributed by atoms with Crippen LogP contribution < -0.4 is 11.1 Å². The van der Waals surface area contributed by atoms with Crippen molar-refractivity contribution in [2.24, 2.45) is 5.73 Å². The summed E-state index contributed by atoms with van der Waals surface area (Å²) in [6, 6.07) is 1.85. The molecule has 0 atom stereocenters. The summed E-state index contributed by atoms with van der Waals surface area (Å²) in [7, 11) is 1.66. The first-order valence-electron chi connectivity index (χ1n) is 4.35. The van der Waals surface area contributed by atoms with E-state index in [1.807, 2.05) is 6.07 Å². The van der Waals surface area contributed by atoms with E-state index in [1.54, 1.807) is 13.3 Å². The Labute approximate surface area is 88.4 Å². The fourth-order valence-corrected chi connectivity index (χ4v) is 1.20. The minimum absolute atomic E-state index is 0.417. The van der Waals surface area contributed by atoms with Crippen LogP contribution >= 0.6 is 11.6 Å². The van der Waals surface area contributed by atoms with E-state index in [1.165, 1.54) is 0 Å². The van der Waals surface area contributed by atoms with Crippen LogP contribution in [0.15, 0.2) is 12.3 Å². The molecule has 0 aliphatic heterocycles. The van der Waals surface area contributed by atoms with Crippen molar-refractivity contribution < 1.29 is 4.74 Å². The predicted molar refractivity (Wildman–Crippen MR) is 57.5 cm³/mol. The lowest BCUT2D eigenvalue weighted by Gasteiger charge is -2.07. The van der Waals surface area contributed by atoms with Gasteiger partial charge in [-0.25, -0.2) is 4.98 Å². The van der Waals surface area contributed by atoms with Gasteiger partial charge in [0.05, 0.1) is 11.6 Å². The number of aromatic nitrogens is 1. The van der Waals surface area contributed by atoms with Crippen molar-refractivity contribution in [2.45, 2.75) is 6.54 Å². The highest BCUT2D eigenvalue weighted by molar-refractivity contribution is 6.31. The van der Waals surface area contributed by atoms with Crippen molar-refractivity contribution in [3.05, 3.63) is 22.8 Å². The SMILES string of the molecule is COCCNc1cc(CN)c(Cl)cn1. The summed E-state index contributed by atoms with van der Waals surface area (Å²) in [5.41, 5.74) is 6.40. The third kappa shape index (κ3) is 3.14. The molecule has 0 saturated carbocycles. The Morgan fingerprint density at radius 3 is 3.07 bits per heavy atom. The molecule has 0 radical (unpaired) electrons. The molecule has 78 valence electrons. The Kier molecular flexibility index (Phi) is 4.65. The molecule has 14 heavy (non-hydrogen) atoms. The summed E-state index contributed by atoms with van der Waals surface area (Å²) in [4.78, 5) is 4.10. The van der Waals surface area contributed by atoms with Crippen molar-refractivity contribution >= 4 is 17.4 Å². The number of nitrogens with two attached hydrogens (primary N) is 1. The molecule has 0 fully saturated rings. The lowest BCUT2D eigenvalue weighted by molar-refractivity contribution is 0.210. The Balaban J connectivity index is 2.60. The van der Waals surface area contributed by atoms with Crippen LogP contribution in [-0.2, 0) is 11.3 Å². The van der Waals surface area contributed by atoms with Gasteiger partial charge < -0.3 is 15.8 Å². The van der Waals surface area contributed by atoms with Crippen LogP contribution in [0.1, 0.15) is 5.56 Å². The van der Waals surface area contributed by atoms with Gasteiger partial charge in [0.2, 0.25) is 0 Å². The number of hydrogen-bond acceptors (Lipinski definition) is 4. The molecule has 1 aromatic heterocycles. The molecule has 0 aliphatic carbocycles. The van der Waals surface area contributed by atoms with Crippen molar-refractivity contribution in [3.63, 3.8) is 0 Å². The molecular weight excluding hydrogens is 202 g/mol. The molecule has 0 aromatic carbocycles. The maximum atomic E-state index is 5.86. The highest BCUT2D eigenvalue weighted by Crippen LogP contribution is 2.16. The van der Waals surface area contributed by atoms with Crippen molar-refractivity contribution in [1.29, 1.82) is 0 Å². The molecule has 3 N–H and O–H groups in total. The van der Waals surface area contributed by atoms with E-state index in [4.69, 9.17) is 22.1 Å². The number of methoxy groups -OCH3 is 1. The van der Waals surface area contributed by atoms with Crippen LogP contribution in [0.3, 0.4) is 0 Å². The highest BCUT2D eigenvalue weighted by atomic mass is 35.5. The average Bonchev–Trinajstić information content (AvgIpc) is 2.21. The van der Waals surface area contributed by atoms with Crippen molar-refractivity contribution in [2.75, 3.05) is 25.6 Å². The van der Waals surface area contributed by atoms with Gasteiger partial charge >= 0.3 is 0 Å². The quantitative estimate of drug-likeness (QED) is 0.726. The normalized spacial score (nSPS) is 10.2. The number of rotatable bonds is 5. The molecule has 5 heteroatoms. The Hall–Kier alpha value is -0.840. The fraction of sp³-hybridized carbons (Fsp3) is 0.444. The molecule has 0 unspecified atom stereocenters. The maximum absolute atomic E-state index is 5.86. The van der Waals surface area contributed by atoms with E-state index in [0.29, 0.717) is 18.2 Å². The zero-order chi connectivity index (χ0) is 10.4. The number of nitrogens with one attached hydrogen (secondary N) is 1. The van der Waals surface area contributed by atoms with Gasteiger partial charge in [-0.3, -0.25) is 0 Å². The minimum atomic E-state index is 0.417. The van der Waals surface area contributed by atoms with E-state index < -0.39 is 0 Å². The van der Waals surface area contributed by atoms with Crippen LogP contribution in [0.4, 0.5) is 5.82 Å². The Morgan fingerprint density at radius 2 is 2.43 bits per heavy atom. The molecule has 4 nitrogen and oxygen atoms in total. The number of hydrogen-bond donors (Lipinski definition) is 2. The zero-order valence-corrected chi connectivity index (χ0v) is 8.84. The molecule has 1 rings (SSSR count). The van der Waals surface area contributed by atoms with E-state index in [9.17, 15) is 0 Å². The summed E-state index contributed by atoms with van der Waals surface area (Å²) < 4.78 is 4.90. The summed E-state index contributed by atoms with van der Waals surface area (Å²) >= 11 is 5.86. The monoisotopic (exact) mass is 215 g/mol. The van der Waals surface area contributed by atoms with E-state index in [-0.39, 0.29) is 0 Å². The summed E-state index contributed by atoms with van der Waals surface area (Å²) in [5, 5.41) is 3.70. The van der Waals surface area contributed by atoms with Crippen molar-refractivity contribution in [1.82, 2.24) is 4.98 Å². The van der Waals surface area contributed by atoms with Gasteiger partial charge in [-0.2, -0.15) is 0 Å². The molecule has 0 aliphatic rings. The van der Waals surface area contributed by atoms with E-state index in [0.717, 1.165) is 17.9 Å². The average molecular weight is 216 g/mol. The number of pyridine rings is 1. The molecule has 1 heterocycles. The van der Waals surface area contributed by atoms with Gasteiger partial charge in [-0.1, -0.05) is 11.6 Å². The molecule has 1 aromatic rings. The highest BCUT2D eigenvalue weighted by Gasteiger charge is 2.00. The second kappa shape index (κ2) is 5.80. The van der Waals surface area contributed by atoms with Crippen LogP contribution in [0.25, 0.3) is 0 Å². The van der Waals surface area contributed by atoms with Crippen LogP contribution in [0, 0.1) is 0 Å². The summed E-state index contributed by atoms with van der Waals surface area (Å²) in [5.74, 6) is 0.770. The van der Waals surface area contributed by atoms with Crippen LogP contribution in [-0.4, -0.2) is 25.2 Å². The first-order chi connectivity index (χ1) is 6.77. The lowest BCUT2D eigenvalue weighted by atomic mass is 10.2. The van der Waals surface area contributed by atoms with Crippen molar-refractivity contribution in [3.8, 4) is 0 Å². The predicted octanol–water partition coefficient (Wildman–Crippen LogP) is 1.25. The third-order valence-corrected chi connectivity index (χ3v) is 2.11. The standard InChI is InChI=1S/C9H14ClN3O/c1-14-3-2-12-9-4-7(5-11)8(10)6-13-9/h4,6H,2-3,5,11H2,1H3,(H,12,13). The lowest BCUT2D eigenvalue weighted by Crippen LogP contribution is -2.09. The minimum Gasteiger partial charge on any atom is -0.383 e. The second-order valence-corrected chi connectivity index (χ2v) is 3.19. The summed E-state index contributed by atoms with van der Waals surface area (Å²) in [6.45, 7) is 1.78. The van der Waals surface area contributed by atoms with Gasteiger partial charge in [0.1, 0.15) is 5.82 Å². The number of nitrogens with zero attached hydrogens (tertiary/aromatic N) is 1. The van der Waals surface area contributed by atoms with E-state index >= 15 is 0 Å². The van der Waals surface area contributed by atoms with Gasteiger partial charge in [-0.05, 0) is 11.6 Å². The Bertz CT molecular complexity index is 293. The number of anilines is 1. The van der Waals surface area contributed by atoms with Gasteiger partial charge in [0.15, 0.2) is 0 Å². The topological polar surface area (TPSA) is 60.2 Å². The molecule has 0 spiro atoms. The molecule has 0 amide bonds. The van der Waals surface area contributed by atoms with Crippen LogP contribution in [0.2, 0.25) is 5.02 Å². The molecule has 0 saturated heterocycles. The maximum Gasteiger partial charge on any atom is 0.126 e. The molecular formula is C9H14ClN3O. The Morgan fingerprint density at radius 1 is 1.64 bits per heavy atom. The van der Waals surface area contributed by atoms with E-state index in [2.05, 4.69) is 10.3 Å². The molecule has 0 bridgehead atoms. The zero-order valence-electron chi connectivity index (χ0n) is 8.09. The smallest absolute Gasteiger partial charge is 0.126 e. The first kappa shape index (κ1) is 11.2. The second-order valence-electron chi connectivity index (χ2n) is 2.78. The van der Waals surface area contributed by atoms with Crippen LogP contribution in [0.5, 0.6) is 0 Å². The first-order valence-corrected chi connectivity index (χ1v) is 4.73. The third-order valence-electron chi connectivity index (χ3n) is 1.77. The largest absolute Gasteiger partial charge is 0.383 e. The summed E-state index contributed by atoms with van der Waals surface area (Å²) in [6.07, 6.45) is 1.60. The van der Waals surface area contributed by atoms with Gasteiger partial charge in [0.25, 0.3) is 0 Å². The van der Waals surface area contributed by atoms with Gasteiger partial charge in [0, 0.05) is 26.4 Å². The number of ether oxygens (including phenoxy) is 1.